The van der Waals surface area contributed by atoms with E-state index in [1.807, 2.05) is 12.1 Å². The molecule has 0 aliphatic carbocycles. The normalized spacial score (nSPS) is 24.9. The first-order chi connectivity index (χ1) is 17.0. The monoisotopic (exact) mass is 536 g/mol. The molecule has 12 heteroatoms. The third-order valence-electron chi connectivity index (χ3n) is 5.97. The molecular weight excluding hydrogens is 505 g/mol. The summed E-state index contributed by atoms with van der Waals surface area (Å²) in [5.41, 5.74) is 1.24. The molecule has 0 unspecified atom stereocenters. The Bertz CT molecular complexity index is 870. The van der Waals surface area contributed by atoms with Crippen LogP contribution < -0.4 is 0 Å². The van der Waals surface area contributed by atoms with Gasteiger partial charge >= 0.3 is 18.2 Å². The highest BCUT2D eigenvalue weighted by Gasteiger charge is 2.41. The Balaban J connectivity index is 0.000000572. The molecule has 1 aromatic rings. The number of hydrogen-bond donors (Lipinski definition) is 1. The summed E-state index contributed by atoms with van der Waals surface area (Å²) < 4.78 is 48.7. The number of morpholine rings is 1. The van der Waals surface area contributed by atoms with Gasteiger partial charge in [-0.05, 0) is 37.5 Å². The highest BCUT2D eigenvalue weighted by Crippen LogP contribution is 2.27. The quantitative estimate of drug-likeness (QED) is 0.549. The average molecular weight is 537 g/mol. The number of aliphatic carboxylic acids is 1. The first-order valence-electron chi connectivity index (χ1n) is 11.4. The molecule has 1 amide bonds. The molecule has 2 heterocycles. The molecule has 2 fully saturated rings. The fourth-order valence-electron chi connectivity index (χ4n) is 4.25. The van der Waals surface area contributed by atoms with Crippen LogP contribution in [0.1, 0.15) is 18.9 Å². The molecule has 0 spiro atoms. The van der Waals surface area contributed by atoms with Gasteiger partial charge in [0.15, 0.2) is 0 Å². The van der Waals surface area contributed by atoms with Gasteiger partial charge in [-0.15, -0.1) is 0 Å². The maximum Gasteiger partial charge on any atom is 0.490 e. The number of piperidine rings is 1. The van der Waals surface area contributed by atoms with Crippen molar-refractivity contribution in [3.63, 3.8) is 0 Å². The van der Waals surface area contributed by atoms with E-state index in [-0.39, 0.29) is 37.0 Å². The summed E-state index contributed by atoms with van der Waals surface area (Å²) >= 11 is 6.03. The topological polar surface area (TPSA) is 88.5 Å². The summed E-state index contributed by atoms with van der Waals surface area (Å²) in [7, 11) is 1.72. The standard InChI is InChI=1S/C22H31ClN2O4.C2HF3O2/c1-4-11-28-22(26)24-10-9-20(21(14-24)27-3)25-13-16(2)29-15-19(25)12-17-5-7-18(23)8-6-17;3-2(4,5)1(6)7/h4-8,16,19-21H,1,9-15H2,2-3H3;(H,6,7)/t16-,19-,20-,21-;/m0./s1. The van der Waals surface area contributed by atoms with Crippen LogP contribution in [0.3, 0.4) is 0 Å². The first-order valence-corrected chi connectivity index (χ1v) is 11.8. The predicted octanol–water partition coefficient (Wildman–Crippen LogP) is 4.02. The molecule has 2 aliphatic heterocycles. The number of benzene rings is 1. The Kier molecular flexibility index (Phi) is 11.5. The van der Waals surface area contributed by atoms with Crippen LogP contribution in [0, 0.1) is 0 Å². The lowest BCUT2D eigenvalue weighted by Gasteiger charge is -2.48. The van der Waals surface area contributed by atoms with E-state index in [4.69, 9.17) is 35.7 Å². The number of carboxylic acid groups (broad SMARTS) is 1. The predicted molar refractivity (Wildman–Crippen MR) is 127 cm³/mol. The van der Waals surface area contributed by atoms with Crippen LogP contribution >= 0.6 is 11.6 Å². The van der Waals surface area contributed by atoms with E-state index in [0.29, 0.717) is 19.7 Å². The van der Waals surface area contributed by atoms with E-state index < -0.39 is 12.1 Å². The minimum atomic E-state index is -5.08. The average Bonchev–Trinajstić information content (AvgIpc) is 2.84. The van der Waals surface area contributed by atoms with Crippen molar-refractivity contribution >= 4 is 23.7 Å². The molecule has 36 heavy (non-hydrogen) atoms. The van der Waals surface area contributed by atoms with Crippen LogP contribution in [0.4, 0.5) is 18.0 Å². The third-order valence-corrected chi connectivity index (χ3v) is 6.23. The van der Waals surface area contributed by atoms with Gasteiger partial charge < -0.3 is 24.2 Å². The molecule has 1 aromatic carbocycles. The number of likely N-dealkylation sites (tertiary alicyclic amines) is 1. The Morgan fingerprint density at radius 3 is 2.47 bits per heavy atom. The third kappa shape index (κ3) is 8.95. The second kappa shape index (κ2) is 13.8. The van der Waals surface area contributed by atoms with Crippen molar-refractivity contribution in [3.05, 3.63) is 47.5 Å². The molecule has 3 rings (SSSR count). The Hall–Kier alpha value is -2.34. The molecule has 202 valence electrons. The van der Waals surface area contributed by atoms with Crippen molar-refractivity contribution in [1.29, 1.82) is 0 Å². The second-order valence-corrected chi connectivity index (χ2v) is 9.01. The maximum absolute atomic E-state index is 12.2. The lowest BCUT2D eigenvalue weighted by molar-refractivity contribution is -0.192. The van der Waals surface area contributed by atoms with Crippen LogP contribution in [0.2, 0.25) is 5.02 Å². The van der Waals surface area contributed by atoms with Crippen molar-refractivity contribution < 1.29 is 42.1 Å². The van der Waals surface area contributed by atoms with Crippen LogP contribution in [0.25, 0.3) is 0 Å². The minimum absolute atomic E-state index is 0.0713. The second-order valence-electron chi connectivity index (χ2n) is 8.57. The van der Waals surface area contributed by atoms with Crippen LogP contribution in [0.15, 0.2) is 36.9 Å². The molecule has 0 saturated carbocycles. The number of carbonyl (C=O) groups excluding carboxylic acids is 1. The zero-order valence-corrected chi connectivity index (χ0v) is 21.0. The largest absolute Gasteiger partial charge is 0.490 e. The van der Waals surface area contributed by atoms with E-state index in [1.165, 1.54) is 5.56 Å². The fourth-order valence-corrected chi connectivity index (χ4v) is 4.37. The van der Waals surface area contributed by atoms with Gasteiger partial charge in [-0.2, -0.15) is 13.2 Å². The van der Waals surface area contributed by atoms with Crippen molar-refractivity contribution in [2.45, 2.75) is 50.2 Å². The van der Waals surface area contributed by atoms with Gasteiger partial charge in [-0.25, -0.2) is 9.59 Å². The minimum Gasteiger partial charge on any atom is -0.475 e. The number of carboxylic acids is 1. The molecule has 0 bridgehead atoms. The number of ether oxygens (including phenoxy) is 3. The smallest absolute Gasteiger partial charge is 0.475 e. The van der Waals surface area contributed by atoms with Crippen molar-refractivity contribution in [2.24, 2.45) is 0 Å². The van der Waals surface area contributed by atoms with Crippen molar-refractivity contribution in [1.82, 2.24) is 9.80 Å². The fraction of sp³-hybridized carbons (Fsp3) is 0.583. The lowest BCUT2D eigenvalue weighted by Crippen LogP contribution is -2.62. The molecule has 0 aromatic heterocycles. The number of carbonyl (C=O) groups is 2. The number of rotatable bonds is 6. The molecular formula is C24H32ClF3N2O6. The van der Waals surface area contributed by atoms with E-state index in [1.54, 1.807) is 18.1 Å². The van der Waals surface area contributed by atoms with Crippen LogP contribution in [0.5, 0.6) is 0 Å². The summed E-state index contributed by atoms with van der Waals surface area (Å²) in [6.07, 6.45) is -1.98. The number of amides is 1. The summed E-state index contributed by atoms with van der Waals surface area (Å²) in [6.45, 7) is 8.63. The van der Waals surface area contributed by atoms with Crippen LogP contribution in [-0.2, 0) is 25.4 Å². The van der Waals surface area contributed by atoms with Gasteiger partial charge in [-0.1, -0.05) is 36.4 Å². The number of halogens is 4. The molecule has 8 nitrogen and oxygen atoms in total. The number of hydrogen-bond acceptors (Lipinski definition) is 6. The summed E-state index contributed by atoms with van der Waals surface area (Å²) in [5, 5.41) is 7.87. The summed E-state index contributed by atoms with van der Waals surface area (Å²) in [6, 6.07) is 8.49. The van der Waals surface area contributed by atoms with Gasteiger partial charge in [0, 0.05) is 37.3 Å². The summed E-state index contributed by atoms with van der Waals surface area (Å²) in [4.78, 5) is 25.4. The van der Waals surface area contributed by atoms with Crippen LogP contribution in [-0.4, -0.2) is 97.4 Å². The molecule has 2 aliphatic rings. The number of methoxy groups -OCH3 is 1. The highest BCUT2D eigenvalue weighted by molar-refractivity contribution is 6.30. The van der Waals surface area contributed by atoms with Crippen molar-refractivity contribution in [2.75, 3.05) is 40.0 Å². The number of nitrogens with zero attached hydrogens (tertiary/aromatic N) is 2. The van der Waals surface area contributed by atoms with Crippen molar-refractivity contribution in [3.8, 4) is 0 Å². The zero-order valence-electron chi connectivity index (χ0n) is 20.2. The van der Waals surface area contributed by atoms with E-state index in [0.717, 1.165) is 24.4 Å². The van der Waals surface area contributed by atoms with Gasteiger partial charge in [0.05, 0.1) is 25.4 Å². The zero-order chi connectivity index (χ0) is 26.9. The molecule has 0 radical (unpaired) electrons. The van der Waals surface area contributed by atoms with E-state index in [9.17, 15) is 18.0 Å². The van der Waals surface area contributed by atoms with Gasteiger partial charge in [0.25, 0.3) is 0 Å². The maximum atomic E-state index is 12.2. The molecule has 2 saturated heterocycles. The Morgan fingerprint density at radius 2 is 1.92 bits per heavy atom. The van der Waals surface area contributed by atoms with Gasteiger partial charge in [0.2, 0.25) is 0 Å². The Labute approximate surface area is 213 Å². The van der Waals surface area contributed by atoms with Gasteiger partial charge in [-0.3, -0.25) is 4.90 Å². The summed E-state index contributed by atoms with van der Waals surface area (Å²) in [5.74, 6) is -2.76. The number of alkyl halides is 3. The van der Waals surface area contributed by atoms with E-state index in [2.05, 4.69) is 30.5 Å². The Morgan fingerprint density at radius 1 is 1.28 bits per heavy atom. The lowest BCUT2D eigenvalue weighted by atomic mass is 9.94. The first kappa shape index (κ1) is 29.9. The molecule has 4 atom stereocenters. The van der Waals surface area contributed by atoms with E-state index >= 15 is 0 Å². The van der Waals surface area contributed by atoms with Gasteiger partial charge in [0.1, 0.15) is 6.61 Å². The SMILES string of the molecule is C=CCOC(=O)N1CC[C@H](N2C[C@H](C)OC[C@@H]2Cc2ccc(Cl)cc2)[C@@H](OC)C1.O=C(O)C(F)(F)F. The highest BCUT2D eigenvalue weighted by atomic mass is 35.5. The molecule has 1 N–H and O–H groups in total.